The number of carbonyl (C=O) groups is 2. The van der Waals surface area contributed by atoms with Gasteiger partial charge >= 0.3 is 0 Å². The van der Waals surface area contributed by atoms with E-state index in [4.69, 9.17) is 10.5 Å². The number of amides is 2. The molecular formula is C27H25FN2O4. The van der Waals surface area contributed by atoms with Crippen molar-refractivity contribution in [1.29, 1.82) is 0 Å². The normalized spacial score (nSPS) is 16.7. The Morgan fingerprint density at radius 1 is 1.09 bits per heavy atom. The predicted octanol–water partition coefficient (Wildman–Crippen LogP) is 3.77. The molecule has 1 aliphatic carbocycles. The lowest BCUT2D eigenvalue weighted by molar-refractivity contribution is 0.0474. The number of nitrogens with zero attached hydrogens (tertiary/aromatic N) is 1. The van der Waals surface area contributed by atoms with Crippen LogP contribution in [0.5, 0.6) is 5.75 Å². The molecule has 7 heteroatoms. The van der Waals surface area contributed by atoms with E-state index in [9.17, 15) is 19.1 Å². The quantitative estimate of drug-likeness (QED) is 0.485. The molecule has 1 fully saturated rings. The average Bonchev–Trinajstić information content (AvgIpc) is 3.20. The molecule has 0 spiro atoms. The summed E-state index contributed by atoms with van der Waals surface area (Å²) in [6, 6.07) is 13.8. The van der Waals surface area contributed by atoms with Crippen LogP contribution in [0.2, 0.25) is 0 Å². The van der Waals surface area contributed by atoms with Gasteiger partial charge in [-0.25, -0.2) is 4.39 Å². The Kier molecular flexibility index (Phi) is 5.57. The Morgan fingerprint density at radius 2 is 1.91 bits per heavy atom. The molecule has 3 N–H and O–H groups in total. The third kappa shape index (κ3) is 3.82. The highest BCUT2D eigenvalue weighted by Crippen LogP contribution is 2.42. The second-order valence-electron chi connectivity index (χ2n) is 8.86. The number of likely N-dealkylation sites (tertiary alicyclic amines) is 1. The van der Waals surface area contributed by atoms with Crippen molar-refractivity contribution >= 4 is 11.8 Å². The summed E-state index contributed by atoms with van der Waals surface area (Å²) in [6.07, 6.45) is 1.49. The van der Waals surface area contributed by atoms with Crippen molar-refractivity contribution in [2.45, 2.75) is 25.4 Å². The number of aliphatic hydroxyl groups excluding tert-OH is 1. The summed E-state index contributed by atoms with van der Waals surface area (Å²) in [7, 11) is 1.40. The van der Waals surface area contributed by atoms with Crippen molar-refractivity contribution < 1.29 is 23.8 Å². The van der Waals surface area contributed by atoms with Gasteiger partial charge in [0.1, 0.15) is 0 Å². The summed E-state index contributed by atoms with van der Waals surface area (Å²) < 4.78 is 19.4. The fraction of sp³-hybridized carbons (Fsp3) is 0.259. The van der Waals surface area contributed by atoms with Crippen LogP contribution < -0.4 is 10.5 Å². The number of methoxy groups -OCH3 is 1. The standard InChI is InChI=1S/C27H25FN2O4/c1-34-25-7-6-15(13-24(25)28)18-11-21-20-10-17(27(33)30-8-2-3-19(31)14-30)5-4-16(20)9-22(21)23(12-18)26(29)32/h4-7,10-13,19,31H,2-3,8-9,14H2,1H3,(H2,29,32)/t19-/m1/s1. The molecule has 1 atom stereocenters. The van der Waals surface area contributed by atoms with E-state index < -0.39 is 17.8 Å². The highest BCUT2D eigenvalue weighted by Gasteiger charge is 2.28. The van der Waals surface area contributed by atoms with Gasteiger partial charge in [-0.2, -0.15) is 0 Å². The van der Waals surface area contributed by atoms with Crippen LogP contribution in [0.15, 0.2) is 48.5 Å². The molecule has 3 aromatic carbocycles. The van der Waals surface area contributed by atoms with E-state index in [0.717, 1.165) is 28.7 Å². The number of hydrogen-bond donors (Lipinski definition) is 2. The smallest absolute Gasteiger partial charge is 0.253 e. The van der Waals surface area contributed by atoms with Crippen molar-refractivity contribution in [3.8, 4) is 28.0 Å². The van der Waals surface area contributed by atoms with E-state index in [1.807, 2.05) is 18.2 Å². The third-order valence-electron chi connectivity index (χ3n) is 6.70. The van der Waals surface area contributed by atoms with E-state index in [1.165, 1.54) is 13.2 Å². The molecule has 3 aromatic rings. The number of piperidine rings is 1. The van der Waals surface area contributed by atoms with Crippen molar-refractivity contribution in [1.82, 2.24) is 4.90 Å². The molecule has 0 aromatic heterocycles. The summed E-state index contributed by atoms with van der Waals surface area (Å²) in [5.74, 6) is -1.05. The van der Waals surface area contributed by atoms with E-state index in [-0.39, 0.29) is 11.7 Å². The van der Waals surface area contributed by atoms with E-state index in [1.54, 1.807) is 29.2 Å². The molecule has 1 heterocycles. The Morgan fingerprint density at radius 3 is 2.62 bits per heavy atom. The monoisotopic (exact) mass is 460 g/mol. The van der Waals surface area contributed by atoms with Gasteiger partial charge in [-0.05, 0) is 89.0 Å². The lowest BCUT2D eigenvalue weighted by Gasteiger charge is -2.30. The molecule has 0 bridgehead atoms. The summed E-state index contributed by atoms with van der Waals surface area (Å²) >= 11 is 0. The van der Waals surface area contributed by atoms with Crippen molar-refractivity contribution in [3.63, 3.8) is 0 Å². The Hall–Kier alpha value is -3.71. The van der Waals surface area contributed by atoms with Crippen LogP contribution in [0.3, 0.4) is 0 Å². The lowest BCUT2D eigenvalue weighted by Crippen LogP contribution is -2.42. The van der Waals surface area contributed by atoms with Crippen LogP contribution in [-0.4, -0.2) is 48.1 Å². The average molecular weight is 461 g/mol. The van der Waals surface area contributed by atoms with Gasteiger partial charge in [-0.15, -0.1) is 0 Å². The van der Waals surface area contributed by atoms with Crippen LogP contribution in [-0.2, 0) is 6.42 Å². The Bertz CT molecular complexity index is 1320. The first-order valence-electron chi connectivity index (χ1n) is 11.3. The maximum atomic E-state index is 14.4. The first kappa shape index (κ1) is 22.1. The van der Waals surface area contributed by atoms with E-state index in [2.05, 4.69) is 0 Å². The SMILES string of the molecule is COc1ccc(-c2cc(C(N)=O)c3c(c2)-c2cc(C(=O)N4CCC[C@@H](O)C4)ccc2C3)cc1F. The first-order chi connectivity index (χ1) is 16.4. The minimum Gasteiger partial charge on any atom is -0.494 e. The molecular weight excluding hydrogens is 435 g/mol. The molecule has 1 saturated heterocycles. The number of ether oxygens (including phenoxy) is 1. The number of aliphatic hydroxyl groups is 1. The molecule has 174 valence electrons. The molecule has 0 radical (unpaired) electrons. The maximum absolute atomic E-state index is 14.4. The van der Waals surface area contributed by atoms with Gasteiger partial charge in [0, 0.05) is 24.2 Å². The number of carbonyl (C=O) groups excluding carboxylic acids is 2. The first-order valence-corrected chi connectivity index (χ1v) is 11.3. The van der Waals surface area contributed by atoms with Crippen molar-refractivity contribution in [2.24, 2.45) is 5.73 Å². The number of primary amides is 1. The van der Waals surface area contributed by atoms with E-state index >= 15 is 0 Å². The zero-order chi connectivity index (χ0) is 24.0. The summed E-state index contributed by atoms with van der Waals surface area (Å²) in [4.78, 5) is 27.1. The number of β-amino-alcohol motifs (C(OH)–C–C–N with tert-alkyl or cyclic N) is 1. The van der Waals surface area contributed by atoms with Gasteiger partial charge < -0.3 is 20.5 Å². The van der Waals surface area contributed by atoms with E-state index in [0.29, 0.717) is 48.2 Å². The zero-order valence-corrected chi connectivity index (χ0v) is 18.8. The van der Waals surface area contributed by atoms with Crippen LogP contribution in [0.25, 0.3) is 22.3 Å². The Labute approximate surface area is 196 Å². The van der Waals surface area contributed by atoms with Gasteiger partial charge in [0.25, 0.3) is 5.91 Å². The molecule has 2 amide bonds. The molecule has 5 rings (SSSR count). The van der Waals surface area contributed by atoms with Gasteiger partial charge in [0.05, 0.1) is 13.2 Å². The second-order valence-corrected chi connectivity index (χ2v) is 8.86. The summed E-state index contributed by atoms with van der Waals surface area (Å²) in [5, 5.41) is 9.96. The van der Waals surface area contributed by atoms with Crippen LogP contribution in [0.4, 0.5) is 4.39 Å². The molecule has 0 unspecified atom stereocenters. The van der Waals surface area contributed by atoms with Gasteiger partial charge in [-0.3, -0.25) is 9.59 Å². The van der Waals surface area contributed by atoms with Gasteiger partial charge in [0.2, 0.25) is 5.91 Å². The fourth-order valence-corrected chi connectivity index (χ4v) is 4.96. The molecule has 2 aliphatic rings. The highest BCUT2D eigenvalue weighted by atomic mass is 19.1. The number of hydrogen-bond acceptors (Lipinski definition) is 4. The molecule has 34 heavy (non-hydrogen) atoms. The van der Waals surface area contributed by atoms with Gasteiger partial charge in [-0.1, -0.05) is 12.1 Å². The minimum atomic E-state index is -0.557. The van der Waals surface area contributed by atoms with Crippen LogP contribution in [0.1, 0.15) is 44.7 Å². The number of rotatable bonds is 4. The van der Waals surface area contributed by atoms with Crippen molar-refractivity contribution in [2.75, 3.05) is 20.2 Å². The third-order valence-corrected chi connectivity index (χ3v) is 6.70. The number of fused-ring (bicyclic) bond motifs is 3. The number of nitrogens with two attached hydrogens (primary N) is 1. The predicted molar refractivity (Wildman–Crippen MR) is 126 cm³/mol. The van der Waals surface area contributed by atoms with Crippen LogP contribution >= 0.6 is 0 Å². The Balaban J connectivity index is 1.58. The van der Waals surface area contributed by atoms with Crippen LogP contribution in [0, 0.1) is 5.82 Å². The second kappa shape index (κ2) is 8.57. The van der Waals surface area contributed by atoms with Crippen molar-refractivity contribution in [3.05, 3.63) is 76.6 Å². The topological polar surface area (TPSA) is 92.9 Å². The lowest BCUT2D eigenvalue weighted by atomic mass is 9.93. The zero-order valence-electron chi connectivity index (χ0n) is 18.8. The maximum Gasteiger partial charge on any atom is 0.253 e. The number of benzene rings is 3. The minimum absolute atomic E-state index is 0.126. The summed E-state index contributed by atoms with van der Waals surface area (Å²) in [5.41, 5.74) is 11.3. The molecule has 6 nitrogen and oxygen atoms in total. The number of halogens is 1. The largest absolute Gasteiger partial charge is 0.494 e. The molecule has 0 saturated carbocycles. The molecule has 1 aliphatic heterocycles. The summed E-state index contributed by atoms with van der Waals surface area (Å²) in [6.45, 7) is 0.939. The fourth-order valence-electron chi connectivity index (χ4n) is 4.96. The van der Waals surface area contributed by atoms with Gasteiger partial charge in [0.15, 0.2) is 11.6 Å². The highest BCUT2D eigenvalue weighted by molar-refractivity contribution is 6.01.